The van der Waals surface area contributed by atoms with Crippen molar-refractivity contribution in [2.24, 2.45) is 0 Å². The molecule has 1 aromatic rings. The Kier molecular flexibility index (Phi) is 5.58. The molecule has 1 aromatic carbocycles. The van der Waals surface area contributed by atoms with Crippen LogP contribution in [-0.4, -0.2) is 38.9 Å². The molecule has 1 fully saturated rings. The molecule has 0 aromatic heterocycles. The van der Waals surface area contributed by atoms with E-state index < -0.39 is 15.8 Å². The minimum Gasteiger partial charge on any atom is -0.314 e. The summed E-state index contributed by atoms with van der Waals surface area (Å²) >= 11 is 5.84. The molecule has 19 heavy (non-hydrogen) atoms. The van der Waals surface area contributed by atoms with E-state index in [1.165, 1.54) is 17.3 Å². The molecule has 1 aliphatic heterocycles. The van der Waals surface area contributed by atoms with Gasteiger partial charge in [0.15, 0.2) is 0 Å². The van der Waals surface area contributed by atoms with E-state index in [2.05, 4.69) is 5.32 Å². The van der Waals surface area contributed by atoms with Gasteiger partial charge in [0.05, 0.1) is 5.02 Å². The molecule has 0 amide bonds. The van der Waals surface area contributed by atoms with Crippen LogP contribution in [0.4, 0.5) is 4.39 Å². The molecule has 0 spiro atoms. The van der Waals surface area contributed by atoms with E-state index in [1.54, 1.807) is 0 Å². The predicted molar refractivity (Wildman–Crippen MR) is 75.0 cm³/mol. The van der Waals surface area contributed by atoms with Crippen molar-refractivity contribution >= 4 is 34.0 Å². The van der Waals surface area contributed by atoms with Gasteiger partial charge in [0.1, 0.15) is 10.7 Å². The molecule has 1 saturated heterocycles. The van der Waals surface area contributed by atoms with Crippen molar-refractivity contribution in [2.45, 2.75) is 11.8 Å². The third kappa shape index (κ3) is 3.38. The van der Waals surface area contributed by atoms with Gasteiger partial charge in [-0.25, -0.2) is 12.8 Å². The van der Waals surface area contributed by atoms with E-state index in [9.17, 15) is 12.8 Å². The van der Waals surface area contributed by atoms with Crippen LogP contribution in [0.1, 0.15) is 5.56 Å². The largest absolute Gasteiger partial charge is 0.314 e. The number of sulfonamides is 1. The van der Waals surface area contributed by atoms with Crippen LogP contribution in [0, 0.1) is 12.7 Å². The van der Waals surface area contributed by atoms with Crippen molar-refractivity contribution in [1.82, 2.24) is 9.62 Å². The highest BCUT2D eigenvalue weighted by molar-refractivity contribution is 7.89. The van der Waals surface area contributed by atoms with Gasteiger partial charge in [0.25, 0.3) is 0 Å². The Labute approximate surface area is 123 Å². The number of benzene rings is 1. The van der Waals surface area contributed by atoms with Gasteiger partial charge in [-0.1, -0.05) is 11.6 Å². The lowest BCUT2D eigenvalue weighted by Gasteiger charge is -2.27. The molecule has 0 saturated carbocycles. The second-order valence-corrected chi connectivity index (χ2v) is 6.50. The average molecular weight is 329 g/mol. The Balaban J connectivity index is 0.00000180. The van der Waals surface area contributed by atoms with Crippen LogP contribution in [0.5, 0.6) is 0 Å². The lowest BCUT2D eigenvalue weighted by Crippen LogP contribution is -2.46. The summed E-state index contributed by atoms with van der Waals surface area (Å²) in [5.41, 5.74) is 0.271. The van der Waals surface area contributed by atoms with Crippen LogP contribution in [-0.2, 0) is 10.0 Å². The molecule has 0 bridgehead atoms. The number of hydrogen-bond donors (Lipinski definition) is 1. The fourth-order valence-corrected chi connectivity index (χ4v) is 3.87. The first-order chi connectivity index (χ1) is 8.43. The molecule has 0 atom stereocenters. The number of rotatable bonds is 2. The van der Waals surface area contributed by atoms with Gasteiger partial charge in [-0.2, -0.15) is 4.31 Å². The van der Waals surface area contributed by atoms with Crippen LogP contribution < -0.4 is 5.32 Å². The fourth-order valence-electron chi connectivity index (χ4n) is 1.85. The minimum atomic E-state index is -3.64. The Bertz CT molecular complexity index is 560. The van der Waals surface area contributed by atoms with Gasteiger partial charge in [-0.05, 0) is 24.6 Å². The highest BCUT2D eigenvalue weighted by Gasteiger charge is 2.28. The third-order valence-electron chi connectivity index (χ3n) is 2.91. The average Bonchev–Trinajstić information content (AvgIpc) is 2.34. The van der Waals surface area contributed by atoms with Crippen LogP contribution in [0.3, 0.4) is 0 Å². The molecule has 108 valence electrons. The van der Waals surface area contributed by atoms with E-state index in [0.717, 1.165) is 6.07 Å². The molecule has 1 aliphatic rings. The molecular weight excluding hydrogens is 314 g/mol. The number of halogens is 3. The number of piperazine rings is 1. The first-order valence-electron chi connectivity index (χ1n) is 5.59. The lowest BCUT2D eigenvalue weighted by atomic mass is 10.2. The Morgan fingerprint density at radius 2 is 1.89 bits per heavy atom. The van der Waals surface area contributed by atoms with Crippen molar-refractivity contribution in [2.75, 3.05) is 26.2 Å². The summed E-state index contributed by atoms with van der Waals surface area (Å²) in [6, 6.07) is 2.33. The van der Waals surface area contributed by atoms with E-state index in [1.807, 2.05) is 0 Å². The summed E-state index contributed by atoms with van der Waals surface area (Å²) in [6.07, 6.45) is 0. The molecule has 0 unspecified atom stereocenters. The van der Waals surface area contributed by atoms with Gasteiger partial charge >= 0.3 is 0 Å². The summed E-state index contributed by atoms with van der Waals surface area (Å²) in [6.45, 7) is 3.53. The monoisotopic (exact) mass is 328 g/mol. The maximum absolute atomic E-state index is 13.3. The quantitative estimate of drug-likeness (QED) is 0.900. The van der Waals surface area contributed by atoms with Gasteiger partial charge in [0, 0.05) is 26.2 Å². The molecule has 2 rings (SSSR count). The maximum atomic E-state index is 13.3. The zero-order valence-corrected chi connectivity index (χ0v) is 12.7. The highest BCUT2D eigenvalue weighted by Crippen LogP contribution is 2.27. The Hall–Kier alpha value is -0.400. The lowest BCUT2D eigenvalue weighted by molar-refractivity contribution is 0.360. The topological polar surface area (TPSA) is 49.4 Å². The van der Waals surface area contributed by atoms with E-state index in [-0.39, 0.29) is 27.9 Å². The van der Waals surface area contributed by atoms with Crippen LogP contribution in [0.25, 0.3) is 0 Å². The molecule has 0 aliphatic carbocycles. The summed E-state index contributed by atoms with van der Waals surface area (Å²) in [5, 5.41) is 3.00. The fraction of sp³-hybridized carbons (Fsp3) is 0.455. The summed E-state index contributed by atoms with van der Waals surface area (Å²) in [5.74, 6) is -0.501. The highest BCUT2D eigenvalue weighted by atomic mass is 35.5. The standard InChI is InChI=1S/C11H14ClFN2O2S.ClH/c1-8-6-11(9(12)7-10(8)13)18(16,17)15-4-2-14-3-5-15;/h6-7,14H,2-5H2,1H3;1H. The van der Waals surface area contributed by atoms with Crippen LogP contribution in [0.15, 0.2) is 17.0 Å². The van der Waals surface area contributed by atoms with Crippen molar-refractivity contribution in [3.8, 4) is 0 Å². The Morgan fingerprint density at radius 1 is 1.32 bits per heavy atom. The zero-order valence-electron chi connectivity index (χ0n) is 10.3. The molecule has 1 N–H and O–H groups in total. The number of nitrogens with one attached hydrogen (secondary N) is 1. The van der Waals surface area contributed by atoms with Crippen molar-refractivity contribution in [1.29, 1.82) is 0 Å². The molecular formula is C11H15Cl2FN2O2S. The normalized spacial score (nSPS) is 17.0. The van der Waals surface area contributed by atoms with Crippen molar-refractivity contribution < 1.29 is 12.8 Å². The zero-order chi connectivity index (χ0) is 13.3. The number of hydrogen-bond acceptors (Lipinski definition) is 3. The van der Waals surface area contributed by atoms with Gasteiger partial charge in [-0.15, -0.1) is 12.4 Å². The number of nitrogens with zero attached hydrogens (tertiary/aromatic N) is 1. The molecule has 1 heterocycles. The van der Waals surface area contributed by atoms with E-state index in [0.29, 0.717) is 26.2 Å². The predicted octanol–water partition coefficient (Wildman–Crippen LogP) is 1.80. The molecule has 4 nitrogen and oxygen atoms in total. The third-order valence-corrected chi connectivity index (χ3v) is 5.27. The molecule has 8 heteroatoms. The van der Waals surface area contributed by atoms with Gasteiger partial charge in [0.2, 0.25) is 10.0 Å². The number of aryl methyl sites for hydroxylation is 1. The second kappa shape index (κ2) is 6.37. The van der Waals surface area contributed by atoms with Gasteiger partial charge in [-0.3, -0.25) is 0 Å². The summed E-state index contributed by atoms with van der Waals surface area (Å²) < 4.78 is 39.4. The van der Waals surface area contributed by atoms with Crippen molar-refractivity contribution in [3.05, 3.63) is 28.5 Å². The van der Waals surface area contributed by atoms with Crippen LogP contribution in [0.2, 0.25) is 5.02 Å². The summed E-state index contributed by atoms with van der Waals surface area (Å²) in [7, 11) is -3.64. The first kappa shape index (κ1) is 16.7. The first-order valence-corrected chi connectivity index (χ1v) is 7.41. The summed E-state index contributed by atoms with van der Waals surface area (Å²) in [4.78, 5) is -0.0232. The van der Waals surface area contributed by atoms with E-state index >= 15 is 0 Å². The van der Waals surface area contributed by atoms with Crippen molar-refractivity contribution in [3.63, 3.8) is 0 Å². The van der Waals surface area contributed by atoms with Gasteiger partial charge < -0.3 is 5.32 Å². The second-order valence-electron chi connectivity index (χ2n) is 4.19. The van der Waals surface area contributed by atoms with Crippen LogP contribution >= 0.6 is 24.0 Å². The maximum Gasteiger partial charge on any atom is 0.244 e. The Morgan fingerprint density at radius 3 is 2.47 bits per heavy atom. The van der Waals surface area contributed by atoms with E-state index in [4.69, 9.17) is 11.6 Å². The SMILES string of the molecule is Cc1cc(S(=O)(=O)N2CCNCC2)c(Cl)cc1F.Cl. The molecule has 0 radical (unpaired) electrons. The smallest absolute Gasteiger partial charge is 0.244 e. The minimum absolute atomic E-state index is 0.